The lowest BCUT2D eigenvalue weighted by Crippen LogP contribution is -1.91. The molecule has 0 fully saturated rings. The van der Waals surface area contributed by atoms with Crippen molar-refractivity contribution in [3.8, 4) is 22.1 Å². The Morgan fingerprint density at radius 2 is 1.85 bits per heavy atom. The first-order chi connectivity index (χ1) is 13.3. The standard InChI is InChI=1S/C20H17N3O2S2/c1-24-17-8-7-13(9-18(17)25-2)19-23-14(10-26-19)11-27-20-15-5-3-4-6-16(15)21-12-22-20/h3-10,12H,11H2,1-2H3. The van der Waals surface area contributed by atoms with Crippen LogP contribution in [0.3, 0.4) is 0 Å². The van der Waals surface area contributed by atoms with E-state index in [0.717, 1.165) is 37.9 Å². The molecule has 0 aliphatic heterocycles. The van der Waals surface area contributed by atoms with E-state index in [4.69, 9.17) is 14.5 Å². The summed E-state index contributed by atoms with van der Waals surface area (Å²) >= 11 is 3.29. The van der Waals surface area contributed by atoms with E-state index in [1.807, 2.05) is 42.5 Å². The second kappa shape index (κ2) is 7.94. The molecule has 0 atom stereocenters. The van der Waals surface area contributed by atoms with Gasteiger partial charge in [0.15, 0.2) is 11.5 Å². The van der Waals surface area contributed by atoms with Crippen LogP contribution in [0.15, 0.2) is 59.2 Å². The number of fused-ring (bicyclic) bond motifs is 1. The maximum absolute atomic E-state index is 5.38. The van der Waals surface area contributed by atoms with Crippen LogP contribution in [0.25, 0.3) is 21.5 Å². The normalized spacial score (nSPS) is 10.9. The van der Waals surface area contributed by atoms with E-state index in [0.29, 0.717) is 11.5 Å². The van der Waals surface area contributed by atoms with Gasteiger partial charge in [0.05, 0.1) is 25.4 Å². The van der Waals surface area contributed by atoms with Crippen molar-refractivity contribution in [2.24, 2.45) is 0 Å². The molecule has 0 aliphatic carbocycles. The van der Waals surface area contributed by atoms with E-state index in [1.54, 1.807) is 43.6 Å². The van der Waals surface area contributed by atoms with Crippen LogP contribution in [0.5, 0.6) is 11.5 Å². The Morgan fingerprint density at radius 1 is 1.00 bits per heavy atom. The van der Waals surface area contributed by atoms with Crippen LogP contribution in [0.1, 0.15) is 5.69 Å². The molecule has 2 aromatic heterocycles. The van der Waals surface area contributed by atoms with E-state index in [2.05, 4.69) is 15.3 Å². The first-order valence-corrected chi connectivity index (χ1v) is 10.1. The molecule has 5 nitrogen and oxygen atoms in total. The molecular weight excluding hydrogens is 378 g/mol. The van der Waals surface area contributed by atoms with Crippen LogP contribution < -0.4 is 9.47 Å². The number of aromatic nitrogens is 3. The molecule has 0 spiro atoms. The molecule has 2 heterocycles. The summed E-state index contributed by atoms with van der Waals surface area (Å²) in [5, 5.41) is 5.09. The van der Waals surface area contributed by atoms with Crippen molar-refractivity contribution < 1.29 is 9.47 Å². The molecule has 0 saturated heterocycles. The molecule has 4 rings (SSSR count). The third-order valence-corrected chi connectivity index (χ3v) is 6.02. The van der Waals surface area contributed by atoms with E-state index in [1.165, 1.54) is 0 Å². The Kier molecular flexibility index (Phi) is 5.22. The minimum Gasteiger partial charge on any atom is -0.493 e. The first kappa shape index (κ1) is 17.8. The number of rotatable bonds is 6. The number of benzene rings is 2. The Hall–Kier alpha value is -2.64. The van der Waals surface area contributed by atoms with Gasteiger partial charge in [0.2, 0.25) is 0 Å². The summed E-state index contributed by atoms with van der Waals surface area (Å²) in [7, 11) is 3.27. The predicted octanol–water partition coefficient (Wildman–Crippen LogP) is 5.06. The van der Waals surface area contributed by atoms with Crippen molar-refractivity contribution in [3.05, 3.63) is 59.9 Å². The quantitative estimate of drug-likeness (QED) is 0.336. The summed E-state index contributed by atoms with van der Waals surface area (Å²) in [5.74, 6) is 2.17. The fraction of sp³-hybridized carbons (Fsp3) is 0.150. The summed E-state index contributed by atoms with van der Waals surface area (Å²) in [5.41, 5.74) is 3.00. The maximum atomic E-state index is 5.38. The molecule has 0 radical (unpaired) electrons. The summed E-state index contributed by atoms with van der Waals surface area (Å²) in [6, 6.07) is 13.9. The molecule has 7 heteroatoms. The SMILES string of the molecule is COc1ccc(-c2nc(CSc3ncnc4ccccc34)cs2)cc1OC. The van der Waals surface area contributed by atoms with E-state index in [9.17, 15) is 0 Å². The number of methoxy groups -OCH3 is 2. The van der Waals surface area contributed by atoms with Gasteiger partial charge in [-0.1, -0.05) is 30.0 Å². The number of hydrogen-bond donors (Lipinski definition) is 0. The zero-order valence-corrected chi connectivity index (χ0v) is 16.5. The van der Waals surface area contributed by atoms with Crippen LogP contribution in [-0.4, -0.2) is 29.2 Å². The Labute approximate surface area is 165 Å². The average molecular weight is 396 g/mol. The van der Waals surface area contributed by atoms with Gasteiger partial charge in [-0.05, 0) is 24.3 Å². The molecule has 0 unspecified atom stereocenters. The molecule has 136 valence electrons. The molecule has 2 aromatic carbocycles. The lowest BCUT2D eigenvalue weighted by atomic mass is 10.2. The Balaban J connectivity index is 1.53. The smallest absolute Gasteiger partial charge is 0.161 e. The molecule has 0 bridgehead atoms. The fourth-order valence-corrected chi connectivity index (χ4v) is 4.52. The van der Waals surface area contributed by atoms with Crippen molar-refractivity contribution in [1.82, 2.24) is 15.0 Å². The maximum Gasteiger partial charge on any atom is 0.161 e. The number of ether oxygens (including phenoxy) is 2. The number of hydrogen-bond acceptors (Lipinski definition) is 7. The van der Waals surface area contributed by atoms with Gasteiger partial charge in [-0.25, -0.2) is 15.0 Å². The van der Waals surface area contributed by atoms with Crippen molar-refractivity contribution in [2.75, 3.05) is 14.2 Å². The van der Waals surface area contributed by atoms with Crippen LogP contribution in [0.2, 0.25) is 0 Å². The third-order valence-electron chi connectivity index (χ3n) is 4.05. The molecule has 0 amide bonds. The van der Waals surface area contributed by atoms with Crippen LogP contribution >= 0.6 is 23.1 Å². The minimum absolute atomic E-state index is 0.702. The molecule has 27 heavy (non-hydrogen) atoms. The Morgan fingerprint density at radius 3 is 2.70 bits per heavy atom. The average Bonchev–Trinajstić information content (AvgIpc) is 3.20. The number of thiazole rings is 1. The highest BCUT2D eigenvalue weighted by atomic mass is 32.2. The zero-order valence-electron chi connectivity index (χ0n) is 14.9. The van der Waals surface area contributed by atoms with Gasteiger partial charge in [-0.3, -0.25) is 0 Å². The molecule has 4 aromatic rings. The highest BCUT2D eigenvalue weighted by molar-refractivity contribution is 7.98. The largest absolute Gasteiger partial charge is 0.493 e. The number of para-hydroxylation sites is 1. The van der Waals surface area contributed by atoms with Crippen LogP contribution in [-0.2, 0) is 5.75 Å². The van der Waals surface area contributed by atoms with Crippen LogP contribution in [0.4, 0.5) is 0 Å². The molecule has 0 aliphatic rings. The van der Waals surface area contributed by atoms with Crippen molar-refractivity contribution in [1.29, 1.82) is 0 Å². The highest BCUT2D eigenvalue weighted by Gasteiger charge is 2.11. The van der Waals surface area contributed by atoms with Gasteiger partial charge in [0.25, 0.3) is 0 Å². The molecule has 0 saturated carbocycles. The topological polar surface area (TPSA) is 57.1 Å². The lowest BCUT2D eigenvalue weighted by molar-refractivity contribution is 0.355. The summed E-state index contributed by atoms with van der Waals surface area (Å²) in [6.07, 6.45) is 1.61. The highest BCUT2D eigenvalue weighted by Crippen LogP contribution is 2.34. The number of thioether (sulfide) groups is 1. The van der Waals surface area contributed by atoms with Gasteiger partial charge in [0, 0.05) is 22.1 Å². The van der Waals surface area contributed by atoms with Gasteiger partial charge < -0.3 is 9.47 Å². The second-order valence-electron chi connectivity index (χ2n) is 5.70. The summed E-state index contributed by atoms with van der Waals surface area (Å²) < 4.78 is 10.7. The summed E-state index contributed by atoms with van der Waals surface area (Å²) in [4.78, 5) is 13.5. The molecular formula is C20H17N3O2S2. The van der Waals surface area contributed by atoms with Gasteiger partial charge in [0.1, 0.15) is 16.4 Å². The van der Waals surface area contributed by atoms with Crippen molar-refractivity contribution in [2.45, 2.75) is 10.8 Å². The lowest BCUT2D eigenvalue weighted by Gasteiger charge is -2.08. The van der Waals surface area contributed by atoms with Gasteiger partial charge in [-0.2, -0.15) is 0 Å². The first-order valence-electron chi connectivity index (χ1n) is 8.28. The third kappa shape index (κ3) is 3.74. The van der Waals surface area contributed by atoms with E-state index >= 15 is 0 Å². The van der Waals surface area contributed by atoms with Gasteiger partial charge >= 0.3 is 0 Å². The molecule has 0 N–H and O–H groups in total. The van der Waals surface area contributed by atoms with E-state index in [-0.39, 0.29) is 0 Å². The predicted molar refractivity (Wildman–Crippen MR) is 110 cm³/mol. The van der Waals surface area contributed by atoms with Crippen LogP contribution in [0, 0.1) is 0 Å². The fourth-order valence-electron chi connectivity index (χ4n) is 2.71. The van der Waals surface area contributed by atoms with Crippen molar-refractivity contribution >= 4 is 34.0 Å². The second-order valence-corrected chi connectivity index (χ2v) is 7.52. The minimum atomic E-state index is 0.702. The Bertz CT molecular complexity index is 1080. The monoisotopic (exact) mass is 395 g/mol. The van der Waals surface area contributed by atoms with Crippen molar-refractivity contribution in [3.63, 3.8) is 0 Å². The zero-order chi connectivity index (χ0) is 18.6. The van der Waals surface area contributed by atoms with E-state index < -0.39 is 0 Å². The summed E-state index contributed by atoms with van der Waals surface area (Å²) in [6.45, 7) is 0. The van der Waals surface area contributed by atoms with Gasteiger partial charge in [-0.15, -0.1) is 11.3 Å². The number of nitrogens with zero attached hydrogens (tertiary/aromatic N) is 3.